The van der Waals surface area contributed by atoms with E-state index in [1.165, 1.54) is 30.0 Å². The monoisotopic (exact) mass is 497 g/mol. The van der Waals surface area contributed by atoms with Crippen molar-refractivity contribution in [3.8, 4) is 11.5 Å². The molecule has 3 aromatic rings. The molecule has 0 amide bonds. The first-order chi connectivity index (χ1) is 16.8. The Hall–Kier alpha value is -4.06. The lowest BCUT2D eigenvalue weighted by Gasteiger charge is -2.21. The van der Waals surface area contributed by atoms with Crippen LogP contribution in [0.5, 0.6) is 11.5 Å². The molecule has 0 spiro atoms. The Kier molecular flexibility index (Phi) is 5.59. The van der Waals surface area contributed by atoms with Crippen molar-refractivity contribution in [3.63, 3.8) is 0 Å². The summed E-state index contributed by atoms with van der Waals surface area (Å²) in [5, 5.41) is 21.7. The molecule has 2 heterocycles. The van der Waals surface area contributed by atoms with Gasteiger partial charge in [-0.3, -0.25) is 10.2 Å². The number of amidine groups is 1. The van der Waals surface area contributed by atoms with Crippen molar-refractivity contribution < 1.29 is 23.0 Å². The summed E-state index contributed by atoms with van der Waals surface area (Å²) in [6, 6.07) is 11.1. The van der Waals surface area contributed by atoms with Crippen molar-refractivity contribution >= 4 is 38.3 Å². The van der Waals surface area contributed by atoms with Crippen LogP contribution in [0.25, 0.3) is 10.9 Å². The highest BCUT2D eigenvalue weighted by atomic mass is 32.2. The molecule has 2 aliphatic rings. The molecule has 0 atom stereocenters. The number of benzene rings is 2. The Morgan fingerprint density at radius 2 is 2.06 bits per heavy atom. The fraction of sp³-hybridized carbons (Fsp3) is 0.261. The molecule has 0 radical (unpaired) electrons. The van der Waals surface area contributed by atoms with Crippen LogP contribution in [-0.2, 0) is 14.8 Å². The molecule has 182 valence electrons. The molecule has 5 rings (SSSR count). The maximum Gasteiger partial charge on any atom is 0.286 e. The molecular weight excluding hydrogens is 474 g/mol. The van der Waals surface area contributed by atoms with Gasteiger partial charge in [0, 0.05) is 18.0 Å². The molecule has 1 aliphatic heterocycles. The van der Waals surface area contributed by atoms with Gasteiger partial charge in [-0.1, -0.05) is 12.1 Å². The number of nitrogens with one attached hydrogen (secondary N) is 3. The average molecular weight is 498 g/mol. The van der Waals surface area contributed by atoms with Crippen LogP contribution >= 0.6 is 0 Å². The molecule has 0 saturated heterocycles. The zero-order valence-electron chi connectivity index (χ0n) is 18.7. The van der Waals surface area contributed by atoms with Crippen LogP contribution in [-0.4, -0.2) is 50.2 Å². The molecule has 1 fully saturated rings. The van der Waals surface area contributed by atoms with Gasteiger partial charge in [0.1, 0.15) is 22.0 Å². The van der Waals surface area contributed by atoms with E-state index in [1.54, 1.807) is 24.3 Å². The number of ether oxygens (including phenoxy) is 2. The Morgan fingerprint density at radius 3 is 2.80 bits per heavy atom. The molecule has 12 heteroatoms. The van der Waals surface area contributed by atoms with Crippen molar-refractivity contribution in [2.75, 3.05) is 31.0 Å². The van der Waals surface area contributed by atoms with Crippen LogP contribution in [0.15, 0.2) is 56.6 Å². The van der Waals surface area contributed by atoms with Crippen LogP contribution in [0.2, 0.25) is 0 Å². The lowest BCUT2D eigenvalue weighted by molar-refractivity contribution is 0.309. The van der Waals surface area contributed by atoms with E-state index in [-0.39, 0.29) is 46.0 Å². The largest absolute Gasteiger partial charge is 0.506 e. The number of fused-ring (bicyclic) bond motifs is 2. The van der Waals surface area contributed by atoms with Gasteiger partial charge in [0.15, 0.2) is 12.4 Å². The van der Waals surface area contributed by atoms with Gasteiger partial charge in [-0.25, -0.2) is 4.68 Å². The van der Waals surface area contributed by atoms with E-state index in [0.717, 1.165) is 12.8 Å². The van der Waals surface area contributed by atoms with Crippen LogP contribution in [0.4, 0.5) is 5.69 Å². The normalized spacial score (nSPS) is 16.1. The Bertz CT molecular complexity index is 1540. The third-order valence-corrected chi connectivity index (χ3v) is 7.15. The number of anilines is 1. The molecule has 11 nitrogen and oxygen atoms in total. The van der Waals surface area contributed by atoms with Crippen molar-refractivity contribution in [2.45, 2.75) is 17.7 Å². The number of methoxy groups -OCH3 is 1. The molecule has 2 aromatic carbocycles. The molecule has 35 heavy (non-hydrogen) atoms. The highest BCUT2D eigenvalue weighted by Gasteiger charge is 2.31. The van der Waals surface area contributed by atoms with E-state index >= 15 is 0 Å². The van der Waals surface area contributed by atoms with E-state index in [2.05, 4.69) is 15.1 Å². The Morgan fingerprint density at radius 1 is 1.29 bits per heavy atom. The van der Waals surface area contributed by atoms with Crippen LogP contribution < -0.4 is 21.0 Å². The minimum absolute atomic E-state index is 0.123. The molecule has 4 N–H and O–H groups in total. The van der Waals surface area contributed by atoms with Crippen LogP contribution in [0, 0.1) is 11.3 Å². The Labute approximate surface area is 200 Å². The summed E-state index contributed by atoms with van der Waals surface area (Å²) in [7, 11) is -2.91. The summed E-state index contributed by atoms with van der Waals surface area (Å²) in [6.45, 7) is 0.411. The quantitative estimate of drug-likeness (QED) is 0.286. The van der Waals surface area contributed by atoms with Gasteiger partial charge in [-0.15, -0.1) is 4.40 Å². The van der Waals surface area contributed by atoms with Gasteiger partial charge in [-0.2, -0.15) is 8.42 Å². The van der Waals surface area contributed by atoms with Crippen molar-refractivity contribution in [2.24, 2.45) is 10.3 Å². The third-order valence-electron chi connectivity index (χ3n) is 5.84. The van der Waals surface area contributed by atoms with Gasteiger partial charge < -0.3 is 25.3 Å². The van der Waals surface area contributed by atoms with Crippen molar-refractivity contribution in [1.29, 1.82) is 5.41 Å². The van der Waals surface area contributed by atoms with Gasteiger partial charge in [0.05, 0.1) is 18.3 Å². The number of aromatic hydroxyl groups is 1. The van der Waals surface area contributed by atoms with Crippen molar-refractivity contribution in [3.05, 3.63) is 58.4 Å². The lowest BCUT2D eigenvalue weighted by atomic mass is 10.1. The first-order valence-electron chi connectivity index (χ1n) is 10.9. The smallest absolute Gasteiger partial charge is 0.286 e. The van der Waals surface area contributed by atoms with Gasteiger partial charge >= 0.3 is 0 Å². The molecule has 1 aromatic heterocycles. The highest BCUT2D eigenvalue weighted by Crippen LogP contribution is 2.34. The van der Waals surface area contributed by atoms with Gasteiger partial charge in [0.2, 0.25) is 5.90 Å². The number of aromatic nitrogens is 1. The maximum absolute atomic E-state index is 13.5. The number of hydrogen-bond acceptors (Lipinski definition) is 9. The standard InChI is InChI=1S/C23H23N5O6S/c1-33-19(24)12-34-14-8-9-16-18(10-14)35(31,32)27-22(26-16)20-21(29)15-4-2-3-5-17(15)28(23(20)30)25-11-13-6-7-13/h2-5,8-10,13,24-25,29H,6-7,11-12H2,1H3,(H,26,27). The second-order valence-electron chi connectivity index (χ2n) is 8.30. The highest BCUT2D eigenvalue weighted by molar-refractivity contribution is 7.90. The summed E-state index contributed by atoms with van der Waals surface area (Å²) in [5.74, 6) is -0.0861. The van der Waals surface area contributed by atoms with E-state index in [0.29, 0.717) is 23.4 Å². The summed E-state index contributed by atoms with van der Waals surface area (Å²) in [4.78, 5) is 13.3. The number of nitrogens with zero attached hydrogens (tertiary/aromatic N) is 2. The van der Waals surface area contributed by atoms with Gasteiger partial charge in [-0.05, 0) is 43.0 Å². The van der Waals surface area contributed by atoms with Crippen molar-refractivity contribution in [1.82, 2.24) is 4.68 Å². The van der Waals surface area contributed by atoms with Gasteiger partial charge in [0.25, 0.3) is 15.6 Å². The van der Waals surface area contributed by atoms with E-state index in [4.69, 9.17) is 14.9 Å². The third kappa shape index (κ3) is 4.28. The average Bonchev–Trinajstić information content (AvgIpc) is 3.67. The number of hydrogen-bond donors (Lipinski definition) is 4. The Balaban J connectivity index is 1.57. The van der Waals surface area contributed by atoms with Crippen LogP contribution in [0.3, 0.4) is 0 Å². The number of sulfonamides is 1. The molecular formula is C23H23N5O6S. The molecule has 0 bridgehead atoms. The number of para-hydroxylation sites is 1. The second kappa shape index (κ2) is 8.62. The van der Waals surface area contributed by atoms with E-state index in [1.807, 2.05) is 0 Å². The molecule has 1 aliphatic carbocycles. The van der Waals surface area contributed by atoms with Crippen LogP contribution in [0.1, 0.15) is 18.4 Å². The first-order valence-corrected chi connectivity index (χ1v) is 12.3. The molecule has 1 saturated carbocycles. The second-order valence-corrected chi connectivity index (χ2v) is 9.87. The lowest BCUT2D eigenvalue weighted by Crippen LogP contribution is -2.37. The zero-order chi connectivity index (χ0) is 24.7. The van der Waals surface area contributed by atoms with E-state index < -0.39 is 15.6 Å². The SMILES string of the molecule is COC(=N)COc1ccc2c(c1)S(=O)(=O)N=C(c1c(O)c3ccccc3n(NCC3CC3)c1=O)N2. The summed E-state index contributed by atoms with van der Waals surface area (Å²) < 4.78 is 41.3. The minimum atomic E-state index is -4.24. The topological polar surface area (TPSA) is 155 Å². The molecule has 0 unspecified atom stereocenters. The fourth-order valence-electron chi connectivity index (χ4n) is 3.78. The minimum Gasteiger partial charge on any atom is -0.506 e. The number of pyridine rings is 1. The zero-order valence-corrected chi connectivity index (χ0v) is 19.6. The summed E-state index contributed by atoms with van der Waals surface area (Å²) in [6.07, 6.45) is 2.15. The predicted octanol–water partition coefficient (Wildman–Crippen LogP) is 2.22. The summed E-state index contributed by atoms with van der Waals surface area (Å²) in [5.41, 5.74) is 2.89. The van der Waals surface area contributed by atoms with E-state index in [9.17, 15) is 18.3 Å². The number of rotatable bonds is 7. The fourth-order valence-corrected chi connectivity index (χ4v) is 4.92. The maximum atomic E-state index is 13.5. The first kappa shape index (κ1) is 22.7. The summed E-state index contributed by atoms with van der Waals surface area (Å²) >= 11 is 0. The predicted molar refractivity (Wildman–Crippen MR) is 131 cm³/mol.